The molecule has 11 atom stereocenters. The van der Waals surface area contributed by atoms with E-state index in [1.54, 1.807) is 13.8 Å². The summed E-state index contributed by atoms with van der Waals surface area (Å²) in [6.07, 6.45) is 2.92. The monoisotopic (exact) mass is 1240 g/mol. The fourth-order valence-electron chi connectivity index (χ4n) is 9.24. The highest BCUT2D eigenvalue weighted by molar-refractivity contribution is 5.98. The third kappa shape index (κ3) is 34.5. The smallest absolute Gasteiger partial charge is 0.245 e. The van der Waals surface area contributed by atoms with Crippen LogP contribution in [0.25, 0.3) is 0 Å². The zero-order valence-corrected chi connectivity index (χ0v) is 54.1. The van der Waals surface area contributed by atoms with E-state index in [-0.39, 0.29) is 120 Å². The Kier molecular flexibility index (Phi) is 40.5. The minimum atomic E-state index is -1.67. The van der Waals surface area contributed by atoms with Crippen molar-refractivity contribution in [3.05, 3.63) is 0 Å². The van der Waals surface area contributed by atoms with E-state index in [4.69, 9.17) is 28.7 Å². The fraction of sp³-hybridized carbons (Fsp3) is 0.797. The number of nitrogens with one attached hydrogen (secondary N) is 10. The summed E-state index contributed by atoms with van der Waals surface area (Å²) < 4.78 is 0. The third-order valence-electron chi connectivity index (χ3n) is 14.2. The van der Waals surface area contributed by atoms with Crippen molar-refractivity contribution in [2.24, 2.45) is 63.3 Å². The van der Waals surface area contributed by atoms with Crippen molar-refractivity contribution in [1.82, 2.24) is 53.2 Å². The number of hydrogen-bond donors (Lipinski definition) is 16. The molecule has 0 aromatic carbocycles. The van der Waals surface area contributed by atoms with Gasteiger partial charge in [0.05, 0.1) is 12.6 Å². The Labute approximate surface area is 516 Å². The van der Waals surface area contributed by atoms with Crippen molar-refractivity contribution in [3.63, 3.8) is 0 Å². The minimum absolute atomic E-state index is 0.0193. The predicted molar refractivity (Wildman–Crippen MR) is 334 cm³/mol. The number of aliphatic imine (C=N–C) groups is 1. The number of aliphatic hydroxyl groups is 1. The van der Waals surface area contributed by atoms with Gasteiger partial charge in [-0.25, -0.2) is 0 Å². The number of unbranched alkanes of at least 4 members (excludes halogenated alkanes) is 3. The lowest BCUT2D eigenvalue weighted by molar-refractivity contribution is -0.137. The van der Waals surface area contributed by atoms with Crippen LogP contribution in [0, 0.1) is 29.6 Å². The molecule has 87 heavy (non-hydrogen) atoms. The SMILES string of the molecule is CCCCC(=O)NCCCC[C@@H](NC(=O)[C@@H](NC(=O)[C@H](CCCN=C(N)N)NC(=O)[C@@H](CCCCN)NC(=O)[C@H](CC(C)C)NC(=O)[C@H](CC(C)C)NC(=O)CN)[C@@H](C)CC)C(=O)N[C@H](C(=O)N[C@@H](CC(C)C)C(=O)N[C@@H](CC(C)C)C(N)=O)[C@@H](C)O. The first-order chi connectivity index (χ1) is 40.8. The van der Waals surface area contributed by atoms with Gasteiger partial charge in [0.2, 0.25) is 65.0 Å². The average molecular weight is 1240 g/mol. The van der Waals surface area contributed by atoms with Gasteiger partial charge in [0.1, 0.15) is 54.4 Å². The van der Waals surface area contributed by atoms with Crippen LogP contribution in [0.15, 0.2) is 4.99 Å². The minimum Gasteiger partial charge on any atom is -0.391 e. The van der Waals surface area contributed by atoms with Gasteiger partial charge in [0, 0.05) is 19.5 Å². The topological polar surface area (TPSA) is 471 Å². The van der Waals surface area contributed by atoms with Crippen molar-refractivity contribution in [2.45, 2.75) is 246 Å². The Morgan fingerprint density at radius 2 is 0.805 bits per heavy atom. The van der Waals surface area contributed by atoms with Crippen LogP contribution in [-0.4, -0.2) is 163 Å². The van der Waals surface area contributed by atoms with Crippen LogP contribution in [0.5, 0.6) is 0 Å². The molecule has 0 fully saturated rings. The third-order valence-corrected chi connectivity index (χ3v) is 14.2. The number of aliphatic hydroxyl groups excluding tert-OH is 1. The maximum atomic E-state index is 14.7. The summed E-state index contributed by atoms with van der Waals surface area (Å²) >= 11 is 0. The maximum Gasteiger partial charge on any atom is 0.245 e. The molecular formula is C59H112N16O12. The molecule has 0 saturated carbocycles. The van der Waals surface area contributed by atoms with Gasteiger partial charge in [-0.3, -0.25) is 57.7 Å². The van der Waals surface area contributed by atoms with Gasteiger partial charge >= 0.3 is 0 Å². The Bertz CT molecular complexity index is 2190. The van der Waals surface area contributed by atoms with Gasteiger partial charge < -0.3 is 86.9 Å². The highest BCUT2D eigenvalue weighted by atomic mass is 16.3. The number of hydrogen-bond acceptors (Lipinski definition) is 15. The average Bonchev–Trinajstić information content (AvgIpc) is 3.34. The number of guanidine groups is 1. The molecular weight excluding hydrogens is 1120 g/mol. The van der Waals surface area contributed by atoms with Gasteiger partial charge in [-0.05, 0) is 127 Å². The summed E-state index contributed by atoms with van der Waals surface area (Å²) in [5.74, 6) is -8.92. The van der Waals surface area contributed by atoms with Gasteiger partial charge in [0.25, 0.3) is 0 Å². The molecule has 21 N–H and O–H groups in total. The van der Waals surface area contributed by atoms with E-state index in [1.807, 2.05) is 62.3 Å². The molecule has 0 aliphatic rings. The lowest BCUT2D eigenvalue weighted by Gasteiger charge is -2.30. The first kappa shape index (κ1) is 80.3. The normalized spacial score (nSPS) is 15.2. The quantitative estimate of drug-likeness (QED) is 0.0199. The predicted octanol–water partition coefficient (Wildman–Crippen LogP) is -0.936. The lowest BCUT2D eigenvalue weighted by Crippen LogP contribution is -2.62. The van der Waals surface area contributed by atoms with Crippen molar-refractivity contribution in [1.29, 1.82) is 0 Å². The van der Waals surface area contributed by atoms with Gasteiger partial charge in [-0.15, -0.1) is 0 Å². The molecule has 0 aromatic rings. The zero-order chi connectivity index (χ0) is 66.5. The number of carbonyl (C=O) groups excluding carboxylic acids is 11. The van der Waals surface area contributed by atoms with E-state index in [0.717, 1.165) is 6.42 Å². The van der Waals surface area contributed by atoms with Crippen molar-refractivity contribution in [2.75, 3.05) is 26.2 Å². The largest absolute Gasteiger partial charge is 0.391 e. The number of primary amides is 1. The highest BCUT2D eigenvalue weighted by Gasteiger charge is 2.37. The molecule has 0 aliphatic heterocycles. The van der Waals surface area contributed by atoms with Crippen LogP contribution in [0.2, 0.25) is 0 Å². The molecule has 11 amide bonds. The van der Waals surface area contributed by atoms with E-state index in [1.165, 1.54) is 6.92 Å². The molecule has 0 heterocycles. The summed E-state index contributed by atoms with van der Waals surface area (Å²) in [5.41, 5.74) is 28.1. The van der Waals surface area contributed by atoms with E-state index in [9.17, 15) is 57.8 Å². The van der Waals surface area contributed by atoms with Gasteiger partial charge in [0.15, 0.2) is 5.96 Å². The molecule has 0 aliphatic carbocycles. The summed E-state index contributed by atoms with van der Waals surface area (Å²) in [7, 11) is 0. The first-order valence-electron chi connectivity index (χ1n) is 31.2. The van der Waals surface area contributed by atoms with Gasteiger partial charge in [-0.1, -0.05) is 89.0 Å². The number of amides is 11. The van der Waals surface area contributed by atoms with Crippen LogP contribution in [0.4, 0.5) is 0 Å². The Morgan fingerprint density at radius 1 is 0.425 bits per heavy atom. The highest BCUT2D eigenvalue weighted by Crippen LogP contribution is 2.16. The van der Waals surface area contributed by atoms with Crippen LogP contribution >= 0.6 is 0 Å². The maximum absolute atomic E-state index is 14.7. The summed E-state index contributed by atoms with van der Waals surface area (Å²) in [4.78, 5) is 155. The number of carbonyl (C=O) groups is 11. The molecule has 500 valence electrons. The molecule has 0 saturated heterocycles. The molecule has 0 unspecified atom stereocenters. The molecule has 0 bridgehead atoms. The van der Waals surface area contributed by atoms with E-state index >= 15 is 0 Å². The number of nitrogens with zero attached hydrogens (tertiary/aromatic N) is 1. The summed E-state index contributed by atoms with van der Waals surface area (Å²) in [6.45, 7) is 21.6. The second-order valence-corrected chi connectivity index (χ2v) is 24.4. The van der Waals surface area contributed by atoms with Crippen LogP contribution in [0.1, 0.15) is 186 Å². The van der Waals surface area contributed by atoms with E-state index < -0.39 is 125 Å². The standard InChI is InChI=1S/C59H112N16O12/c1-13-15-24-46(77)65-26-19-17-22-40(53(82)75-49(38(12)76)58(87)73-45(31-36(9)10)56(85)71-42(50(62)79)28-33(3)4)70-57(86)48(37(11)14-2)74-52(81)41(23-20-27-66-59(63)64)68-51(80)39(21-16-18-25-60)69-55(84)44(30-35(7)8)72-54(83)43(29-34(5)6)67-47(78)32-61/h33-45,48-49,76H,13-32,60-61H2,1-12H3,(H2,62,79)(H,65,77)(H,67,78)(H,68,80)(H,69,84)(H,70,86)(H,71,85)(H,72,83)(H,73,87)(H,74,81)(H,75,82)(H4,63,64,66)/t37-,38+,39+,40+,41-,42-,43-,44-,45-,48-,49-/m0/s1. The molecule has 0 spiro atoms. The van der Waals surface area contributed by atoms with E-state index in [0.29, 0.717) is 38.5 Å². The lowest BCUT2D eigenvalue weighted by atomic mass is 9.96. The molecule has 0 radical (unpaired) electrons. The molecule has 28 heteroatoms. The number of nitrogens with two attached hydrogens (primary N) is 5. The molecule has 0 rings (SSSR count). The Hall–Kier alpha value is -6.68. The zero-order valence-electron chi connectivity index (χ0n) is 54.1. The fourth-order valence-corrected chi connectivity index (χ4v) is 9.24. The van der Waals surface area contributed by atoms with Crippen molar-refractivity contribution >= 4 is 70.9 Å². The number of rotatable bonds is 46. The summed E-state index contributed by atoms with van der Waals surface area (Å²) in [6, 6.07) is -11.5. The van der Waals surface area contributed by atoms with Gasteiger partial charge in [-0.2, -0.15) is 0 Å². The molecule has 28 nitrogen and oxygen atoms in total. The second-order valence-electron chi connectivity index (χ2n) is 24.4. The van der Waals surface area contributed by atoms with Crippen LogP contribution < -0.4 is 81.8 Å². The first-order valence-corrected chi connectivity index (χ1v) is 31.2. The van der Waals surface area contributed by atoms with Crippen molar-refractivity contribution in [3.8, 4) is 0 Å². The Balaban J connectivity index is 7.27. The van der Waals surface area contributed by atoms with Crippen LogP contribution in [-0.2, 0) is 52.7 Å². The van der Waals surface area contributed by atoms with Crippen molar-refractivity contribution < 1.29 is 57.8 Å². The van der Waals surface area contributed by atoms with Crippen LogP contribution in [0.3, 0.4) is 0 Å². The van der Waals surface area contributed by atoms with E-state index in [2.05, 4.69) is 58.2 Å². The second kappa shape index (κ2) is 43.9. The molecule has 0 aromatic heterocycles. The summed E-state index contributed by atoms with van der Waals surface area (Å²) in [5, 5.41) is 38.0. The Morgan fingerprint density at radius 3 is 1.23 bits per heavy atom.